The molecule has 0 bridgehead atoms. The first-order valence-corrected chi connectivity index (χ1v) is 6.86. The maximum Gasteiger partial charge on any atom is 0.238 e. The molecule has 1 unspecified atom stereocenters. The van der Waals surface area contributed by atoms with Crippen molar-refractivity contribution in [3.05, 3.63) is 0 Å². The van der Waals surface area contributed by atoms with E-state index in [9.17, 15) is 8.42 Å². The highest BCUT2D eigenvalue weighted by atomic mass is 35.7. The zero-order valence-corrected chi connectivity index (χ0v) is 8.90. The van der Waals surface area contributed by atoms with Gasteiger partial charge in [0.05, 0.1) is 4.75 Å². The minimum Gasteiger partial charge on any atom is -0.381 e. The topological polar surface area (TPSA) is 43.4 Å². The van der Waals surface area contributed by atoms with Gasteiger partial charge in [-0.15, -0.1) is 0 Å². The lowest BCUT2D eigenvalue weighted by molar-refractivity contribution is 0.183. The van der Waals surface area contributed by atoms with Gasteiger partial charge in [0.25, 0.3) is 0 Å². The Kier molecular flexibility index (Phi) is 2.33. The molecular formula is C8H13ClO3S. The highest BCUT2D eigenvalue weighted by molar-refractivity contribution is 8.15. The number of hydrogen-bond acceptors (Lipinski definition) is 3. The molecule has 13 heavy (non-hydrogen) atoms. The monoisotopic (exact) mass is 224 g/mol. The Balaban J connectivity index is 2.01. The molecule has 0 aromatic rings. The van der Waals surface area contributed by atoms with Crippen LogP contribution in [0.2, 0.25) is 0 Å². The van der Waals surface area contributed by atoms with Crippen molar-refractivity contribution in [2.75, 3.05) is 13.2 Å². The molecule has 1 aliphatic carbocycles. The Morgan fingerprint density at radius 1 is 1.46 bits per heavy atom. The maximum atomic E-state index is 11.2. The molecule has 2 rings (SSSR count). The SMILES string of the molecule is O=S(=O)(Cl)C1(CC2CCOC2)CC1. The lowest BCUT2D eigenvalue weighted by Crippen LogP contribution is -2.22. The standard InChI is InChI=1S/C8H13ClO3S/c9-13(10,11)8(2-3-8)5-7-1-4-12-6-7/h7H,1-6H2. The Labute approximate surface area is 82.8 Å². The van der Waals surface area contributed by atoms with Gasteiger partial charge < -0.3 is 4.74 Å². The van der Waals surface area contributed by atoms with Gasteiger partial charge in [0.1, 0.15) is 0 Å². The van der Waals surface area contributed by atoms with E-state index in [-0.39, 0.29) is 0 Å². The molecule has 1 saturated carbocycles. The summed E-state index contributed by atoms with van der Waals surface area (Å²) in [7, 11) is 2.04. The lowest BCUT2D eigenvalue weighted by Gasteiger charge is -2.14. The van der Waals surface area contributed by atoms with E-state index in [1.165, 1.54) is 0 Å². The number of halogens is 1. The van der Waals surface area contributed by atoms with Crippen LogP contribution in [0.5, 0.6) is 0 Å². The van der Waals surface area contributed by atoms with Gasteiger partial charge in [0.2, 0.25) is 9.05 Å². The van der Waals surface area contributed by atoms with E-state index in [1.54, 1.807) is 0 Å². The van der Waals surface area contributed by atoms with Crippen LogP contribution < -0.4 is 0 Å². The van der Waals surface area contributed by atoms with E-state index >= 15 is 0 Å². The van der Waals surface area contributed by atoms with Crippen molar-refractivity contribution in [1.82, 2.24) is 0 Å². The molecule has 0 spiro atoms. The van der Waals surface area contributed by atoms with E-state index in [0.29, 0.717) is 18.9 Å². The van der Waals surface area contributed by atoms with Gasteiger partial charge >= 0.3 is 0 Å². The third kappa shape index (κ3) is 1.85. The lowest BCUT2D eigenvalue weighted by atomic mass is 10.0. The molecular weight excluding hydrogens is 212 g/mol. The van der Waals surface area contributed by atoms with Crippen LogP contribution in [0.25, 0.3) is 0 Å². The average Bonchev–Trinajstić information content (AvgIpc) is 2.59. The minimum absolute atomic E-state index is 0.399. The van der Waals surface area contributed by atoms with E-state index in [4.69, 9.17) is 15.4 Å². The molecule has 5 heteroatoms. The summed E-state index contributed by atoms with van der Waals surface area (Å²) in [6.45, 7) is 1.47. The molecule has 2 fully saturated rings. The summed E-state index contributed by atoms with van der Waals surface area (Å²) in [5.41, 5.74) is 0. The van der Waals surface area contributed by atoms with E-state index in [0.717, 1.165) is 25.9 Å². The zero-order valence-electron chi connectivity index (χ0n) is 7.33. The summed E-state index contributed by atoms with van der Waals surface area (Å²) in [6.07, 6.45) is 3.14. The molecule has 0 amide bonds. The van der Waals surface area contributed by atoms with Gasteiger partial charge in [-0.25, -0.2) is 8.42 Å². The van der Waals surface area contributed by atoms with Crippen molar-refractivity contribution in [2.45, 2.75) is 30.4 Å². The molecule has 1 aliphatic heterocycles. The quantitative estimate of drug-likeness (QED) is 0.683. The van der Waals surface area contributed by atoms with Crippen molar-refractivity contribution in [2.24, 2.45) is 5.92 Å². The zero-order chi connectivity index (χ0) is 9.53. The Morgan fingerprint density at radius 3 is 2.54 bits per heavy atom. The molecule has 0 aromatic carbocycles. The van der Waals surface area contributed by atoms with Crippen LogP contribution >= 0.6 is 10.7 Å². The van der Waals surface area contributed by atoms with Gasteiger partial charge in [0.15, 0.2) is 0 Å². The van der Waals surface area contributed by atoms with Crippen LogP contribution in [0.1, 0.15) is 25.7 Å². The smallest absolute Gasteiger partial charge is 0.238 e. The highest BCUT2D eigenvalue weighted by Gasteiger charge is 2.54. The largest absolute Gasteiger partial charge is 0.381 e. The molecule has 0 radical (unpaired) electrons. The van der Waals surface area contributed by atoms with Crippen molar-refractivity contribution in [3.8, 4) is 0 Å². The summed E-state index contributed by atoms with van der Waals surface area (Å²) in [6, 6.07) is 0. The summed E-state index contributed by atoms with van der Waals surface area (Å²) < 4.78 is 27.1. The van der Waals surface area contributed by atoms with Crippen LogP contribution in [-0.4, -0.2) is 26.4 Å². The Morgan fingerprint density at radius 2 is 2.15 bits per heavy atom. The van der Waals surface area contributed by atoms with Gasteiger partial charge in [-0.2, -0.15) is 0 Å². The number of hydrogen-bond donors (Lipinski definition) is 0. The maximum absolute atomic E-state index is 11.2. The summed E-state index contributed by atoms with van der Waals surface area (Å²) in [5.74, 6) is 0.399. The number of ether oxygens (including phenoxy) is 1. The molecule has 1 heterocycles. The molecule has 2 aliphatic rings. The Bertz CT molecular complexity index is 289. The van der Waals surface area contributed by atoms with Crippen LogP contribution in [0.3, 0.4) is 0 Å². The van der Waals surface area contributed by atoms with E-state index < -0.39 is 13.8 Å². The molecule has 0 N–H and O–H groups in total. The molecule has 76 valence electrons. The normalized spacial score (nSPS) is 31.9. The molecule has 1 saturated heterocycles. The second-order valence-corrected chi connectivity index (χ2v) is 7.02. The number of rotatable bonds is 3. The average molecular weight is 225 g/mol. The second kappa shape index (κ2) is 3.11. The predicted octanol–water partition coefficient (Wildman–Crippen LogP) is 1.51. The van der Waals surface area contributed by atoms with E-state index in [1.807, 2.05) is 0 Å². The fraction of sp³-hybridized carbons (Fsp3) is 1.00. The fourth-order valence-electron chi connectivity index (χ4n) is 1.96. The second-order valence-electron chi connectivity index (χ2n) is 4.05. The van der Waals surface area contributed by atoms with Crippen LogP contribution in [0.4, 0.5) is 0 Å². The first kappa shape index (κ1) is 9.74. The van der Waals surface area contributed by atoms with Crippen molar-refractivity contribution in [3.63, 3.8) is 0 Å². The highest BCUT2D eigenvalue weighted by Crippen LogP contribution is 2.50. The molecule has 3 nitrogen and oxygen atoms in total. The first-order chi connectivity index (χ1) is 6.04. The van der Waals surface area contributed by atoms with Gasteiger partial charge in [0, 0.05) is 23.9 Å². The molecule has 0 aromatic heterocycles. The third-order valence-corrected chi connectivity index (χ3v) is 5.60. The van der Waals surface area contributed by atoms with Gasteiger partial charge in [-0.1, -0.05) is 0 Å². The predicted molar refractivity (Wildman–Crippen MR) is 50.3 cm³/mol. The molecule has 1 atom stereocenters. The van der Waals surface area contributed by atoms with Crippen molar-refractivity contribution in [1.29, 1.82) is 0 Å². The van der Waals surface area contributed by atoms with Crippen LogP contribution in [-0.2, 0) is 13.8 Å². The van der Waals surface area contributed by atoms with Gasteiger partial charge in [-0.05, 0) is 31.6 Å². The van der Waals surface area contributed by atoms with Crippen LogP contribution in [0.15, 0.2) is 0 Å². The van der Waals surface area contributed by atoms with Crippen molar-refractivity contribution >= 4 is 19.7 Å². The Hall–Kier alpha value is 0.200. The first-order valence-electron chi connectivity index (χ1n) is 4.55. The van der Waals surface area contributed by atoms with Crippen LogP contribution in [0, 0.1) is 5.92 Å². The van der Waals surface area contributed by atoms with Gasteiger partial charge in [-0.3, -0.25) is 0 Å². The third-order valence-electron chi connectivity index (χ3n) is 3.01. The van der Waals surface area contributed by atoms with Crippen molar-refractivity contribution < 1.29 is 13.2 Å². The minimum atomic E-state index is -3.36. The van der Waals surface area contributed by atoms with E-state index in [2.05, 4.69) is 0 Å². The fourth-order valence-corrected chi connectivity index (χ4v) is 3.63. The summed E-state index contributed by atoms with van der Waals surface area (Å²) in [4.78, 5) is 0. The summed E-state index contributed by atoms with van der Waals surface area (Å²) >= 11 is 0. The summed E-state index contributed by atoms with van der Waals surface area (Å²) in [5, 5.41) is 0.